The van der Waals surface area contributed by atoms with Crippen LogP contribution in [0.15, 0.2) is 25.0 Å². The first-order chi connectivity index (χ1) is 10.3. The van der Waals surface area contributed by atoms with E-state index >= 15 is 0 Å². The molecule has 0 bridgehead atoms. The first-order valence-corrected chi connectivity index (χ1v) is 7.47. The van der Waals surface area contributed by atoms with Gasteiger partial charge in [0.05, 0.1) is 6.54 Å². The minimum atomic E-state index is 0.218. The molecule has 0 amide bonds. The zero-order valence-electron chi connectivity index (χ0n) is 12.3. The molecule has 7 nitrogen and oxygen atoms in total. The van der Waals surface area contributed by atoms with Crippen molar-refractivity contribution < 1.29 is 0 Å². The number of aromatic nitrogens is 5. The zero-order chi connectivity index (χ0) is 14.5. The average Bonchev–Trinajstić information content (AvgIpc) is 3.01. The monoisotopic (exact) mass is 287 g/mol. The molecular weight excluding hydrogens is 266 g/mol. The van der Waals surface area contributed by atoms with Gasteiger partial charge in [-0.3, -0.25) is 4.68 Å². The molecular formula is C14H21N7. The van der Waals surface area contributed by atoms with E-state index in [1.54, 1.807) is 19.0 Å². The molecule has 0 aromatic carbocycles. The van der Waals surface area contributed by atoms with Gasteiger partial charge in [-0.25, -0.2) is 15.0 Å². The highest BCUT2D eigenvalue weighted by Crippen LogP contribution is 2.19. The lowest BCUT2D eigenvalue weighted by Gasteiger charge is -2.27. The molecule has 1 unspecified atom stereocenters. The van der Waals surface area contributed by atoms with Crippen LogP contribution in [0.2, 0.25) is 0 Å². The standard InChI is InChI=1S/C14H21N7/c1-12(8-21-11-15-9-18-21)19-13-7-14(17-10-16-13)20-5-3-2-4-6-20/h7,9-12H,2-6,8H2,1H3,(H,16,17,19). The number of piperidine rings is 1. The molecule has 3 rings (SSSR count). The van der Waals surface area contributed by atoms with Gasteiger partial charge in [0.15, 0.2) is 0 Å². The smallest absolute Gasteiger partial charge is 0.137 e. The average molecular weight is 287 g/mol. The summed E-state index contributed by atoms with van der Waals surface area (Å²) in [6.45, 7) is 5.03. The Balaban J connectivity index is 1.62. The highest BCUT2D eigenvalue weighted by molar-refractivity contribution is 5.48. The van der Waals surface area contributed by atoms with E-state index in [4.69, 9.17) is 0 Å². The topological polar surface area (TPSA) is 71.8 Å². The zero-order valence-corrected chi connectivity index (χ0v) is 12.3. The first-order valence-electron chi connectivity index (χ1n) is 7.47. The number of hydrogen-bond donors (Lipinski definition) is 1. The summed E-state index contributed by atoms with van der Waals surface area (Å²) >= 11 is 0. The predicted octanol–water partition coefficient (Wildman–Crippen LogP) is 1.56. The molecule has 1 N–H and O–H groups in total. The Morgan fingerprint density at radius 3 is 2.81 bits per heavy atom. The second-order valence-corrected chi connectivity index (χ2v) is 5.47. The van der Waals surface area contributed by atoms with Crippen molar-refractivity contribution in [3.8, 4) is 0 Å². The van der Waals surface area contributed by atoms with Crippen LogP contribution in [0.3, 0.4) is 0 Å². The van der Waals surface area contributed by atoms with Gasteiger partial charge >= 0.3 is 0 Å². The van der Waals surface area contributed by atoms with Gasteiger partial charge in [0.25, 0.3) is 0 Å². The first kappa shape index (κ1) is 13.8. The van der Waals surface area contributed by atoms with Gasteiger partial charge in [-0.15, -0.1) is 0 Å². The van der Waals surface area contributed by atoms with Crippen LogP contribution >= 0.6 is 0 Å². The summed E-state index contributed by atoms with van der Waals surface area (Å²) in [7, 11) is 0. The van der Waals surface area contributed by atoms with Crippen LogP contribution in [0, 0.1) is 0 Å². The van der Waals surface area contributed by atoms with E-state index in [0.717, 1.165) is 31.3 Å². The maximum absolute atomic E-state index is 4.39. The Kier molecular flexibility index (Phi) is 4.28. The molecule has 112 valence electrons. The lowest BCUT2D eigenvalue weighted by atomic mass is 10.1. The molecule has 1 aliphatic heterocycles. The van der Waals surface area contributed by atoms with Crippen molar-refractivity contribution in [3.63, 3.8) is 0 Å². The Morgan fingerprint density at radius 2 is 2.05 bits per heavy atom. The molecule has 1 saturated heterocycles. The Bertz CT molecular complexity index is 548. The summed E-state index contributed by atoms with van der Waals surface area (Å²) in [6.07, 6.45) is 8.71. The summed E-state index contributed by atoms with van der Waals surface area (Å²) in [5, 5.41) is 7.51. The second kappa shape index (κ2) is 6.51. The maximum atomic E-state index is 4.39. The van der Waals surface area contributed by atoms with Gasteiger partial charge in [-0.05, 0) is 26.2 Å². The van der Waals surface area contributed by atoms with Crippen molar-refractivity contribution in [1.29, 1.82) is 0 Å². The highest BCUT2D eigenvalue weighted by atomic mass is 15.3. The van der Waals surface area contributed by atoms with Crippen molar-refractivity contribution >= 4 is 11.6 Å². The fourth-order valence-corrected chi connectivity index (χ4v) is 2.63. The van der Waals surface area contributed by atoms with Crippen LogP contribution in [-0.2, 0) is 6.54 Å². The predicted molar refractivity (Wildman–Crippen MR) is 81.2 cm³/mol. The third kappa shape index (κ3) is 3.68. The van der Waals surface area contributed by atoms with E-state index in [2.05, 4.69) is 37.2 Å². The van der Waals surface area contributed by atoms with E-state index in [0.29, 0.717) is 0 Å². The molecule has 0 saturated carbocycles. The summed E-state index contributed by atoms with van der Waals surface area (Å²) < 4.78 is 1.81. The SMILES string of the molecule is CC(Cn1cncn1)Nc1cc(N2CCCCC2)ncn1. The molecule has 3 heterocycles. The van der Waals surface area contributed by atoms with Gasteiger partial charge in [0, 0.05) is 25.2 Å². The van der Waals surface area contributed by atoms with Crippen LogP contribution in [0.25, 0.3) is 0 Å². The number of anilines is 2. The second-order valence-electron chi connectivity index (χ2n) is 5.47. The molecule has 1 fully saturated rings. The third-order valence-corrected chi connectivity index (χ3v) is 3.65. The summed E-state index contributed by atoms with van der Waals surface area (Å²) in [5.74, 6) is 1.87. The molecule has 1 atom stereocenters. The summed E-state index contributed by atoms with van der Waals surface area (Å²) in [5.41, 5.74) is 0. The van der Waals surface area contributed by atoms with E-state index < -0.39 is 0 Å². The van der Waals surface area contributed by atoms with Crippen LogP contribution in [0.5, 0.6) is 0 Å². The molecule has 2 aromatic rings. The molecule has 0 radical (unpaired) electrons. The minimum absolute atomic E-state index is 0.218. The van der Waals surface area contributed by atoms with Gasteiger partial charge in [-0.1, -0.05) is 0 Å². The van der Waals surface area contributed by atoms with E-state index in [9.17, 15) is 0 Å². The third-order valence-electron chi connectivity index (χ3n) is 3.65. The lowest BCUT2D eigenvalue weighted by Crippen LogP contribution is -2.30. The number of hydrogen-bond acceptors (Lipinski definition) is 6. The van der Waals surface area contributed by atoms with Gasteiger partial charge in [0.2, 0.25) is 0 Å². The Hall–Kier alpha value is -2.18. The molecule has 21 heavy (non-hydrogen) atoms. The normalized spacial score (nSPS) is 16.7. The van der Waals surface area contributed by atoms with Gasteiger partial charge in [0.1, 0.15) is 30.6 Å². The summed E-state index contributed by atoms with van der Waals surface area (Å²) in [6, 6.07) is 2.25. The minimum Gasteiger partial charge on any atom is -0.366 e. The summed E-state index contributed by atoms with van der Waals surface area (Å²) in [4.78, 5) is 15.0. The fourth-order valence-electron chi connectivity index (χ4n) is 2.63. The van der Waals surface area contributed by atoms with Gasteiger partial charge < -0.3 is 10.2 Å². The Morgan fingerprint density at radius 1 is 1.19 bits per heavy atom. The molecule has 1 aliphatic rings. The molecule has 0 aliphatic carbocycles. The van der Waals surface area contributed by atoms with Crippen molar-refractivity contribution in [1.82, 2.24) is 24.7 Å². The van der Waals surface area contributed by atoms with Crippen LogP contribution < -0.4 is 10.2 Å². The van der Waals surface area contributed by atoms with Crippen LogP contribution in [0.1, 0.15) is 26.2 Å². The maximum Gasteiger partial charge on any atom is 0.137 e. The Labute approximate surface area is 124 Å². The van der Waals surface area contributed by atoms with Crippen LogP contribution in [0.4, 0.5) is 11.6 Å². The highest BCUT2D eigenvalue weighted by Gasteiger charge is 2.13. The van der Waals surface area contributed by atoms with E-state index in [-0.39, 0.29) is 6.04 Å². The largest absolute Gasteiger partial charge is 0.366 e. The molecule has 7 heteroatoms. The molecule has 0 spiro atoms. The lowest BCUT2D eigenvalue weighted by molar-refractivity contribution is 0.557. The fraction of sp³-hybridized carbons (Fsp3) is 0.571. The quantitative estimate of drug-likeness (QED) is 0.900. The van der Waals surface area contributed by atoms with Crippen molar-refractivity contribution in [2.75, 3.05) is 23.3 Å². The van der Waals surface area contributed by atoms with Crippen molar-refractivity contribution in [2.24, 2.45) is 0 Å². The van der Waals surface area contributed by atoms with E-state index in [1.807, 2.05) is 10.7 Å². The molecule has 2 aromatic heterocycles. The number of rotatable bonds is 5. The van der Waals surface area contributed by atoms with E-state index in [1.165, 1.54) is 19.3 Å². The van der Waals surface area contributed by atoms with Crippen molar-refractivity contribution in [2.45, 2.75) is 38.8 Å². The van der Waals surface area contributed by atoms with Gasteiger partial charge in [-0.2, -0.15) is 5.10 Å². The van der Waals surface area contributed by atoms with Crippen LogP contribution in [-0.4, -0.2) is 43.9 Å². The van der Waals surface area contributed by atoms with Crippen molar-refractivity contribution in [3.05, 3.63) is 25.0 Å². The number of nitrogens with one attached hydrogen (secondary N) is 1. The number of nitrogens with zero attached hydrogens (tertiary/aromatic N) is 6.